The molecule has 19 heavy (non-hydrogen) atoms. The van der Waals surface area contributed by atoms with E-state index in [0.717, 1.165) is 0 Å². The van der Waals surface area contributed by atoms with Crippen molar-refractivity contribution in [3.8, 4) is 10.6 Å². The van der Waals surface area contributed by atoms with Gasteiger partial charge in [0.1, 0.15) is 9.88 Å². The van der Waals surface area contributed by atoms with Crippen LogP contribution in [0.15, 0.2) is 22.9 Å². The van der Waals surface area contributed by atoms with Gasteiger partial charge in [-0.2, -0.15) is 13.2 Å². The summed E-state index contributed by atoms with van der Waals surface area (Å²) >= 11 is 3.59. The largest absolute Gasteiger partial charge is 0.477 e. The molecule has 100 valence electrons. The summed E-state index contributed by atoms with van der Waals surface area (Å²) < 4.78 is 38.6. The molecular weight excluding hydrogens is 349 g/mol. The zero-order valence-corrected chi connectivity index (χ0v) is 11.3. The molecule has 0 aliphatic rings. The molecule has 0 aliphatic carbocycles. The molecule has 2 rings (SSSR count). The Labute approximate surface area is 117 Å². The monoisotopic (exact) mass is 352 g/mol. The Hall–Kier alpha value is -1.48. The summed E-state index contributed by atoms with van der Waals surface area (Å²) in [6.07, 6.45) is -2.03. The van der Waals surface area contributed by atoms with Crippen LogP contribution in [0.2, 0.25) is 0 Å². The summed E-state index contributed by atoms with van der Waals surface area (Å²) in [4.78, 5) is 17.2. The molecule has 2 heterocycles. The molecule has 0 unspecified atom stereocenters. The second kappa shape index (κ2) is 4.89. The maximum absolute atomic E-state index is 12.7. The minimum Gasteiger partial charge on any atom is -0.477 e. The lowest BCUT2D eigenvalue weighted by molar-refractivity contribution is -0.141. The molecule has 0 amide bonds. The van der Waals surface area contributed by atoms with Crippen molar-refractivity contribution in [1.82, 2.24) is 9.97 Å². The van der Waals surface area contributed by atoms with Crippen LogP contribution in [0, 0.1) is 0 Å². The van der Waals surface area contributed by atoms with E-state index in [1.54, 1.807) is 0 Å². The van der Waals surface area contributed by atoms with Crippen LogP contribution < -0.4 is 0 Å². The van der Waals surface area contributed by atoms with Crippen molar-refractivity contribution < 1.29 is 23.1 Å². The third-order valence-corrected chi connectivity index (χ3v) is 3.57. The molecule has 0 fully saturated rings. The van der Waals surface area contributed by atoms with Crippen molar-refractivity contribution in [2.24, 2.45) is 0 Å². The smallest absolute Gasteiger partial charge is 0.435 e. The molecule has 0 aromatic carbocycles. The van der Waals surface area contributed by atoms with E-state index in [9.17, 15) is 18.0 Å². The number of carboxylic acid groups (broad SMARTS) is 1. The number of carbonyl (C=O) groups is 1. The average Bonchev–Trinajstić information content (AvgIpc) is 2.73. The Morgan fingerprint density at radius 2 is 2.05 bits per heavy atom. The lowest BCUT2D eigenvalue weighted by atomic mass is 10.3. The van der Waals surface area contributed by atoms with Gasteiger partial charge in [0.05, 0.1) is 0 Å². The number of alkyl halides is 3. The fraction of sp³-hybridized carbons (Fsp3) is 0.100. The number of hydrogen-bond donors (Lipinski definition) is 1. The standard InChI is InChI=1S/C10H4BrF3N2O2S/c11-5-1-4(2-15-3-5)8-16-7(10(12,13)14)6(19-8)9(17)18/h1-3H,(H,17,18). The SMILES string of the molecule is O=C(O)c1sc(-c2cncc(Br)c2)nc1C(F)(F)F. The van der Waals surface area contributed by atoms with Gasteiger partial charge in [0.2, 0.25) is 0 Å². The van der Waals surface area contributed by atoms with Crippen molar-refractivity contribution in [3.63, 3.8) is 0 Å². The van der Waals surface area contributed by atoms with Gasteiger partial charge in [0.15, 0.2) is 5.69 Å². The van der Waals surface area contributed by atoms with Crippen molar-refractivity contribution in [3.05, 3.63) is 33.5 Å². The molecule has 0 saturated carbocycles. The molecule has 0 saturated heterocycles. The van der Waals surface area contributed by atoms with Crippen LogP contribution >= 0.6 is 27.3 Å². The van der Waals surface area contributed by atoms with Crippen molar-refractivity contribution >= 4 is 33.2 Å². The highest BCUT2D eigenvalue weighted by Crippen LogP contribution is 2.37. The zero-order valence-electron chi connectivity index (χ0n) is 8.90. The van der Waals surface area contributed by atoms with Crippen molar-refractivity contribution in [1.29, 1.82) is 0 Å². The molecule has 0 bridgehead atoms. The van der Waals surface area contributed by atoms with Crippen LogP contribution in [0.3, 0.4) is 0 Å². The second-order valence-electron chi connectivity index (χ2n) is 3.39. The van der Waals surface area contributed by atoms with Gasteiger partial charge >= 0.3 is 12.1 Å². The van der Waals surface area contributed by atoms with Crippen LogP contribution in [0.1, 0.15) is 15.4 Å². The fourth-order valence-corrected chi connectivity index (χ4v) is 2.58. The zero-order chi connectivity index (χ0) is 14.2. The Morgan fingerprint density at radius 3 is 2.53 bits per heavy atom. The molecule has 9 heteroatoms. The lowest BCUT2D eigenvalue weighted by Crippen LogP contribution is -2.11. The number of thiazole rings is 1. The van der Waals surface area contributed by atoms with E-state index in [0.29, 0.717) is 21.4 Å². The summed E-state index contributed by atoms with van der Waals surface area (Å²) in [6.45, 7) is 0. The van der Waals surface area contributed by atoms with Gasteiger partial charge in [0, 0.05) is 22.4 Å². The van der Waals surface area contributed by atoms with E-state index >= 15 is 0 Å². The van der Waals surface area contributed by atoms with Gasteiger partial charge in [-0.3, -0.25) is 4.98 Å². The minimum absolute atomic E-state index is 0.0430. The molecule has 2 aromatic heterocycles. The number of rotatable bonds is 2. The molecule has 0 atom stereocenters. The Morgan fingerprint density at radius 1 is 1.37 bits per heavy atom. The van der Waals surface area contributed by atoms with E-state index in [1.165, 1.54) is 18.5 Å². The van der Waals surface area contributed by atoms with Crippen LogP contribution in [-0.2, 0) is 6.18 Å². The highest BCUT2D eigenvalue weighted by atomic mass is 79.9. The molecule has 1 N–H and O–H groups in total. The summed E-state index contributed by atoms with van der Waals surface area (Å²) in [7, 11) is 0. The maximum atomic E-state index is 12.7. The van der Waals surface area contributed by atoms with Gasteiger partial charge in [-0.25, -0.2) is 9.78 Å². The maximum Gasteiger partial charge on any atom is 0.435 e. The predicted octanol–water partition coefficient (Wildman–Crippen LogP) is 3.68. The van der Waals surface area contributed by atoms with Gasteiger partial charge in [-0.05, 0) is 22.0 Å². The second-order valence-corrected chi connectivity index (χ2v) is 5.31. The van der Waals surface area contributed by atoms with Crippen molar-refractivity contribution in [2.75, 3.05) is 0 Å². The van der Waals surface area contributed by atoms with Crippen LogP contribution in [0.5, 0.6) is 0 Å². The number of aromatic nitrogens is 2. The first kappa shape index (κ1) is 13.9. The first-order chi connectivity index (χ1) is 8.79. The summed E-state index contributed by atoms with van der Waals surface area (Å²) in [5.41, 5.74) is -1.07. The average molecular weight is 353 g/mol. The van der Waals surface area contributed by atoms with E-state index in [1.807, 2.05) is 0 Å². The molecule has 0 radical (unpaired) electrons. The Balaban J connectivity index is 2.58. The number of nitrogens with zero attached hydrogens (tertiary/aromatic N) is 2. The van der Waals surface area contributed by atoms with E-state index in [2.05, 4.69) is 25.9 Å². The summed E-state index contributed by atoms with van der Waals surface area (Å²) in [5.74, 6) is -1.65. The van der Waals surface area contributed by atoms with Gasteiger partial charge < -0.3 is 5.11 Å². The topological polar surface area (TPSA) is 63.1 Å². The number of carboxylic acids is 1. The van der Waals surface area contributed by atoms with Crippen LogP contribution in [0.4, 0.5) is 13.2 Å². The number of aromatic carboxylic acids is 1. The quantitative estimate of drug-likeness (QED) is 0.895. The first-order valence-electron chi connectivity index (χ1n) is 4.71. The first-order valence-corrected chi connectivity index (χ1v) is 6.32. The Bertz CT molecular complexity index is 642. The van der Waals surface area contributed by atoms with Crippen LogP contribution in [-0.4, -0.2) is 21.0 Å². The van der Waals surface area contributed by atoms with E-state index in [4.69, 9.17) is 5.11 Å². The molecular formula is C10H4BrF3N2O2S. The highest BCUT2D eigenvalue weighted by molar-refractivity contribution is 9.10. The third-order valence-electron chi connectivity index (χ3n) is 2.04. The third kappa shape index (κ3) is 2.92. The normalized spacial score (nSPS) is 11.6. The van der Waals surface area contributed by atoms with Gasteiger partial charge in [-0.15, -0.1) is 11.3 Å². The number of pyridine rings is 1. The molecule has 0 spiro atoms. The van der Waals surface area contributed by atoms with Crippen molar-refractivity contribution in [2.45, 2.75) is 6.18 Å². The summed E-state index contributed by atoms with van der Waals surface area (Å²) in [5, 5.41) is 8.75. The fourth-order valence-electron chi connectivity index (χ4n) is 1.31. The van der Waals surface area contributed by atoms with Crippen LogP contribution in [0.25, 0.3) is 10.6 Å². The molecule has 0 aliphatic heterocycles. The number of hydrogen-bond acceptors (Lipinski definition) is 4. The molecule has 2 aromatic rings. The van der Waals surface area contributed by atoms with Gasteiger partial charge in [0.25, 0.3) is 0 Å². The predicted molar refractivity (Wildman–Crippen MR) is 65.0 cm³/mol. The van der Waals surface area contributed by atoms with E-state index < -0.39 is 22.7 Å². The van der Waals surface area contributed by atoms with E-state index in [-0.39, 0.29) is 5.01 Å². The molecule has 4 nitrogen and oxygen atoms in total. The number of halogens is 4. The minimum atomic E-state index is -4.80. The summed E-state index contributed by atoms with van der Waals surface area (Å²) in [6, 6.07) is 1.51. The highest BCUT2D eigenvalue weighted by Gasteiger charge is 2.39. The lowest BCUT2D eigenvalue weighted by Gasteiger charge is -2.02. The Kier molecular flexibility index (Phi) is 3.59. The van der Waals surface area contributed by atoms with Gasteiger partial charge in [-0.1, -0.05) is 0 Å².